The first-order valence-corrected chi connectivity index (χ1v) is 8.92. The number of methoxy groups -OCH3 is 1. The van der Waals surface area contributed by atoms with E-state index in [1.165, 1.54) is 23.9 Å². The third kappa shape index (κ3) is 4.08. The third-order valence-electron chi connectivity index (χ3n) is 3.86. The summed E-state index contributed by atoms with van der Waals surface area (Å²) in [6.07, 6.45) is 3.38. The van der Waals surface area contributed by atoms with Crippen LogP contribution in [-0.2, 0) is 11.3 Å². The molecule has 0 aliphatic heterocycles. The van der Waals surface area contributed by atoms with Gasteiger partial charge in [-0.15, -0.1) is 10.2 Å². The van der Waals surface area contributed by atoms with Crippen LogP contribution in [0.3, 0.4) is 0 Å². The van der Waals surface area contributed by atoms with Crippen LogP contribution in [0.1, 0.15) is 17.7 Å². The molecule has 0 bridgehead atoms. The summed E-state index contributed by atoms with van der Waals surface area (Å²) in [5, 5.41) is 8.92. The van der Waals surface area contributed by atoms with E-state index in [9.17, 15) is 8.78 Å². The van der Waals surface area contributed by atoms with Gasteiger partial charge in [-0.1, -0.05) is 17.8 Å². The molecule has 0 saturated carbocycles. The number of halogens is 2. The maximum absolute atomic E-state index is 14.1. The van der Waals surface area contributed by atoms with Crippen LogP contribution in [0.4, 0.5) is 8.78 Å². The largest absolute Gasteiger partial charge is 0.383 e. The molecule has 3 aromatic rings. The molecule has 2 heterocycles. The molecule has 136 valence electrons. The number of pyridine rings is 1. The fourth-order valence-corrected chi connectivity index (χ4v) is 3.55. The van der Waals surface area contributed by atoms with Crippen LogP contribution < -0.4 is 0 Å². The Kier molecular flexibility index (Phi) is 5.95. The lowest BCUT2D eigenvalue weighted by Gasteiger charge is -2.14. The maximum Gasteiger partial charge on any atom is 0.192 e. The van der Waals surface area contributed by atoms with Crippen molar-refractivity contribution in [2.75, 3.05) is 13.7 Å². The molecule has 0 fully saturated rings. The number of thioether (sulfide) groups is 1. The van der Waals surface area contributed by atoms with E-state index in [0.29, 0.717) is 29.7 Å². The first-order valence-electron chi connectivity index (χ1n) is 8.04. The van der Waals surface area contributed by atoms with Gasteiger partial charge in [-0.25, -0.2) is 8.78 Å². The minimum absolute atomic E-state index is 0.258. The highest BCUT2D eigenvalue weighted by Crippen LogP contribution is 2.36. The fraction of sp³-hybridized carbons (Fsp3) is 0.278. The zero-order valence-electron chi connectivity index (χ0n) is 14.4. The van der Waals surface area contributed by atoms with E-state index in [-0.39, 0.29) is 5.25 Å². The Morgan fingerprint density at radius 1 is 1.15 bits per heavy atom. The summed E-state index contributed by atoms with van der Waals surface area (Å²) < 4.78 is 34.3. The lowest BCUT2D eigenvalue weighted by atomic mass is 10.1. The van der Waals surface area contributed by atoms with Crippen molar-refractivity contribution >= 4 is 11.8 Å². The lowest BCUT2D eigenvalue weighted by molar-refractivity contribution is 0.185. The number of nitrogens with zero attached hydrogens (tertiary/aromatic N) is 4. The highest BCUT2D eigenvalue weighted by molar-refractivity contribution is 7.99. The summed E-state index contributed by atoms with van der Waals surface area (Å²) >= 11 is 1.36. The molecule has 8 heteroatoms. The Balaban J connectivity index is 1.90. The molecule has 0 aliphatic carbocycles. The Morgan fingerprint density at radius 3 is 2.62 bits per heavy atom. The molecule has 0 amide bonds. The molecule has 0 saturated heterocycles. The van der Waals surface area contributed by atoms with Crippen LogP contribution in [0.2, 0.25) is 0 Å². The van der Waals surface area contributed by atoms with Gasteiger partial charge in [-0.2, -0.15) is 0 Å². The SMILES string of the molecule is COCCn1c(SC(C)c2ccc(F)cc2F)nnc1-c1ccncc1. The second-order valence-corrected chi connectivity index (χ2v) is 6.92. The third-order valence-corrected chi connectivity index (χ3v) is 4.98. The molecule has 1 unspecified atom stereocenters. The van der Waals surface area contributed by atoms with Gasteiger partial charge in [0.2, 0.25) is 0 Å². The first-order chi connectivity index (χ1) is 12.6. The molecule has 2 aromatic heterocycles. The van der Waals surface area contributed by atoms with Crippen molar-refractivity contribution in [2.24, 2.45) is 0 Å². The smallest absolute Gasteiger partial charge is 0.192 e. The average Bonchev–Trinajstić information content (AvgIpc) is 3.03. The number of hydrogen-bond acceptors (Lipinski definition) is 5. The Hall–Kier alpha value is -2.32. The number of ether oxygens (including phenoxy) is 1. The van der Waals surface area contributed by atoms with Crippen molar-refractivity contribution in [3.8, 4) is 11.4 Å². The summed E-state index contributed by atoms with van der Waals surface area (Å²) in [6, 6.07) is 7.32. The van der Waals surface area contributed by atoms with Gasteiger partial charge in [0.05, 0.1) is 13.2 Å². The monoisotopic (exact) mass is 376 g/mol. The standard InChI is InChI=1S/C18H18F2N4OS/c1-12(15-4-3-14(19)11-16(15)20)26-18-23-22-17(24(18)9-10-25-2)13-5-7-21-8-6-13/h3-8,11-12H,9-10H2,1-2H3. The van der Waals surface area contributed by atoms with Gasteiger partial charge < -0.3 is 4.74 Å². The van der Waals surface area contributed by atoms with E-state index in [1.807, 2.05) is 23.6 Å². The Labute approximate surface area is 154 Å². The average molecular weight is 376 g/mol. The van der Waals surface area contributed by atoms with E-state index in [4.69, 9.17) is 4.74 Å². The van der Waals surface area contributed by atoms with Crippen LogP contribution >= 0.6 is 11.8 Å². The number of rotatable bonds is 7. The van der Waals surface area contributed by atoms with Crippen LogP contribution in [-0.4, -0.2) is 33.5 Å². The van der Waals surface area contributed by atoms with Crippen LogP contribution in [0, 0.1) is 11.6 Å². The number of benzene rings is 1. The summed E-state index contributed by atoms with van der Waals surface area (Å²) in [5.41, 5.74) is 1.30. The second-order valence-electron chi connectivity index (χ2n) is 5.61. The first kappa shape index (κ1) is 18.5. The number of aromatic nitrogens is 4. The molecule has 3 rings (SSSR count). The van der Waals surface area contributed by atoms with Gasteiger partial charge in [0, 0.05) is 41.9 Å². The molecule has 0 radical (unpaired) electrons. The summed E-state index contributed by atoms with van der Waals surface area (Å²) in [6.45, 7) is 2.90. The van der Waals surface area contributed by atoms with E-state index in [1.54, 1.807) is 19.5 Å². The van der Waals surface area contributed by atoms with Gasteiger partial charge in [-0.3, -0.25) is 9.55 Å². The summed E-state index contributed by atoms with van der Waals surface area (Å²) in [5.74, 6) is -0.465. The Bertz CT molecular complexity index is 873. The van der Waals surface area contributed by atoms with Crippen molar-refractivity contribution in [3.05, 3.63) is 59.9 Å². The molecular weight excluding hydrogens is 358 g/mol. The van der Waals surface area contributed by atoms with Crippen molar-refractivity contribution in [1.29, 1.82) is 0 Å². The van der Waals surface area contributed by atoms with Crippen LogP contribution in [0.25, 0.3) is 11.4 Å². The summed E-state index contributed by atoms with van der Waals surface area (Å²) in [4.78, 5) is 4.01. The molecule has 26 heavy (non-hydrogen) atoms. The van der Waals surface area contributed by atoms with Crippen molar-refractivity contribution in [2.45, 2.75) is 23.9 Å². The van der Waals surface area contributed by atoms with E-state index < -0.39 is 11.6 Å². The van der Waals surface area contributed by atoms with E-state index in [0.717, 1.165) is 11.6 Å². The van der Waals surface area contributed by atoms with E-state index in [2.05, 4.69) is 15.2 Å². The van der Waals surface area contributed by atoms with Gasteiger partial charge >= 0.3 is 0 Å². The second kappa shape index (κ2) is 8.37. The van der Waals surface area contributed by atoms with Gasteiger partial charge in [0.1, 0.15) is 11.6 Å². The summed E-state index contributed by atoms with van der Waals surface area (Å²) in [7, 11) is 1.62. The molecule has 5 nitrogen and oxygen atoms in total. The zero-order chi connectivity index (χ0) is 18.5. The zero-order valence-corrected chi connectivity index (χ0v) is 15.2. The predicted octanol–water partition coefficient (Wildman–Crippen LogP) is 4.12. The lowest BCUT2D eigenvalue weighted by Crippen LogP contribution is -2.08. The molecular formula is C18H18F2N4OS. The normalized spacial score (nSPS) is 12.3. The molecule has 1 atom stereocenters. The predicted molar refractivity (Wildman–Crippen MR) is 95.8 cm³/mol. The van der Waals surface area contributed by atoms with Crippen LogP contribution in [0.5, 0.6) is 0 Å². The van der Waals surface area contributed by atoms with Crippen molar-refractivity contribution < 1.29 is 13.5 Å². The van der Waals surface area contributed by atoms with E-state index >= 15 is 0 Å². The quantitative estimate of drug-likeness (QED) is 0.581. The van der Waals surface area contributed by atoms with Gasteiger partial charge in [-0.05, 0) is 25.1 Å². The van der Waals surface area contributed by atoms with Gasteiger partial charge in [0.15, 0.2) is 11.0 Å². The topological polar surface area (TPSA) is 52.8 Å². The van der Waals surface area contributed by atoms with Crippen LogP contribution in [0.15, 0.2) is 47.9 Å². The van der Waals surface area contributed by atoms with Gasteiger partial charge in [0.25, 0.3) is 0 Å². The number of hydrogen-bond donors (Lipinski definition) is 0. The van der Waals surface area contributed by atoms with Crippen molar-refractivity contribution in [1.82, 2.24) is 19.7 Å². The molecule has 0 aliphatic rings. The van der Waals surface area contributed by atoms with Crippen molar-refractivity contribution in [3.63, 3.8) is 0 Å². The Morgan fingerprint density at radius 2 is 1.92 bits per heavy atom. The molecule has 1 aromatic carbocycles. The highest BCUT2D eigenvalue weighted by Gasteiger charge is 2.19. The fourth-order valence-electron chi connectivity index (χ4n) is 2.53. The minimum atomic E-state index is -0.591. The highest BCUT2D eigenvalue weighted by atomic mass is 32.2. The maximum atomic E-state index is 14.1. The molecule has 0 N–H and O–H groups in total. The minimum Gasteiger partial charge on any atom is -0.383 e. The molecule has 0 spiro atoms.